The molecular formula is C11H12ClN3. The molecule has 1 heterocycles. The highest BCUT2D eigenvalue weighted by Crippen LogP contribution is 2.21. The molecule has 0 spiro atoms. The number of para-hydroxylation sites is 1. The van der Waals surface area contributed by atoms with Crippen LogP contribution in [0.15, 0.2) is 24.3 Å². The van der Waals surface area contributed by atoms with Crippen LogP contribution in [-0.4, -0.2) is 25.1 Å². The predicted octanol–water partition coefficient (Wildman–Crippen LogP) is 1.53. The van der Waals surface area contributed by atoms with Gasteiger partial charge < -0.3 is 4.90 Å². The number of nitrogens with one attached hydrogen (secondary N) is 1. The van der Waals surface area contributed by atoms with E-state index in [1.54, 1.807) is 0 Å². The molecule has 1 aliphatic rings. The summed E-state index contributed by atoms with van der Waals surface area (Å²) < 4.78 is 0. The van der Waals surface area contributed by atoms with Gasteiger partial charge in [-0.2, -0.15) is 5.26 Å². The van der Waals surface area contributed by atoms with Gasteiger partial charge in [0.25, 0.3) is 0 Å². The molecule has 3 nitrogen and oxygen atoms in total. The van der Waals surface area contributed by atoms with Crippen LogP contribution in [0.25, 0.3) is 0 Å². The Bertz CT molecular complexity index is 386. The van der Waals surface area contributed by atoms with Gasteiger partial charge in [0, 0.05) is 19.6 Å². The minimum absolute atomic E-state index is 0.0366. The summed E-state index contributed by atoms with van der Waals surface area (Å²) in [6.07, 6.45) is 0. The van der Waals surface area contributed by atoms with Crippen LogP contribution in [0.4, 0.5) is 5.69 Å². The molecule has 0 saturated carbocycles. The number of nitrogens with zero attached hydrogens (tertiary/aromatic N) is 2. The van der Waals surface area contributed by atoms with Crippen molar-refractivity contribution in [2.75, 3.05) is 24.5 Å². The zero-order valence-corrected chi connectivity index (χ0v) is 9.04. The average molecular weight is 222 g/mol. The molecule has 2 rings (SSSR count). The number of anilines is 1. The molecule has 1 aliphatic heterocycles. The van der Waals surface area contributed by atoms with Crippen molar-refractivity contribution in [3.8, 4) is 6.07 Å². The van der Waals surface area contributed by atoms with Crippen LogP contribution in [0.3, 0.4) is 0 Å². The minimum atomic E-state index is -0.0366. The SMILES string of the molecule is N#Cc1ccccc1N1CCNC(Cl)C1. The molecule has 1 atom stereocenters. The molecule has 4 heteroatoms. The number of benzene rings is 1. The number of nitriles is 1. The molecule has 0 aromatic heterocycles. The van der Waals surface area contributed by atoms with Crippen LogP contribution >= 0.6 is 11.6 Å². The Morgan fingerprint density at radius 1 is 1.47 bits per heavy atom. The minimum Gasteiger partial charge on any atom is -0.366 e. The molecule has 15 heavy (non-hydrogen) atoms. The third-order valence-corrected chi connectivity index (χ3v) is 2.79. The van der Waals surface area contributed by atoms with E-state index in [4.69, 9.17) is 16.9 Å². The maximum absolute atomic E-state index is 8.99. The number of piperazine rings is 1. The van der Waals surface area contributed by atoms with Crippen LogP contribution in [0.5, 0.6) is 0 Å². The summed E-state index contributed by atoms with van der Waals surface area (Å²) in [6, 6.07) is 9.83. The first-order valence-corrected chi connectivity index (χ1v) is 5.36. The zero-order chi connectivity index (χ0) is 10.7. The first-order valence-electron chi connectivity index (χ1n) is 4.93. The molecule has 0 bridgehead atoms. The largest absolute Gasteiger partial charge is 0.366 e. The Morgan fingerprint density at radius 2 is 2.27 bits per heavy atom. The highest BCUT2D eigenvalue weighted by Gasteiger charge is 2.18. The Morgan fingerprint density at radius 3 is 3.00 bits per heavy atom. The van der Waals surface area contributed by atoms with E-state index in [0.29, 0.717) is 5.56 Å². The van der Waals surface area contributed by atoms with Crippen molar-refractivity contribution in [1.82, 2.24) is 5.32 Å². The molecule has 1 unspecified atom stereocenters. The molecule has 1 aromatic rings. The van der Waals surface area contributed by atoms with Crippen molar-refractivity contribution in [2.45, 2.75) is 5.50 Å². The summed E-state index contributed by atoms with van der Waals surface area (Å²) in [7, 11) is 0. The van der Waals surface area contributed by atoms with Gasteiger partial charge in [0.1, 0.15) is 11.6 Å². The van der Waals surface area contributed by atoms with Gasteiger partial charge in [-0.25, -0.2) is 0 Å². The van der Waals surface area contributed by atoms with Gasteiger partial charge in [-0.3, -0.25) is 5.32 Å². The second kappa shape index (κ2) is 4.52. The molecule has 0 radical (unpaired) electrons. The average Bonchev–Trinajstić information content (AvgIpc) is 2.29. The van der Waals surface area contributed by atoms with Crippen molar-refractivity contribution in [2.24, 2.45) is 0 Å². The van der Waals surface area contributed by atoms with Crippen molar-refractivity contribution in [1.29, 1.82) is 5.26 Å². The van der Waals surface area contributed by atoms with Crippen LogP contribution in [0.2, 0.25) is 0 Å². The lowest BCUT2D eigenvalue weighted by Crippen LogP contribution is -2.48. The van der Waals surface area contributed by atoms with Crippen molar-refractivity contribution in [3.05, 3.63) is 29.8 Å². The second-order valence-corrected chi connectivity index (χ2v) is 4.02. The maximum atomic E-state index is 8.99. The van der Waals surface area contributed by atoms with E-state index in [1.807, 2.05) is 24.3 Å². The summed E-state index contributed by atoms with van der Waals surface area (Å²) in [5.41, 5.74) is 1.65. The van der Waals surface area contributed by atoms with Crippen molar-refractivity contribution in [3.63, 3.8) is 0 Å². The van der Waals surface area contributed by atoms with Gasteiger partial charge in [-0.05, 0) is 12.1 Å². The Labute approximate surface area is 94.3 Å². The molecular weight excluding hydrogens is 210 g/mol. The van der Waals surface area contributed by atoms with E-state index in [9.17, 15) is 0 Å². The molecule has 1 saturated heterocycles. The lowest BCUT2D eigenvalue weighted by Gasteiger charge is -2.32. The molecule has 1 N–H and O–H groups in total. The summed E-state index contributed by atoms with van der Waals surface area (Å²) in [6.45, 7) is 2.48. The van der Waals surface area contributed by atoms with Crippen molar-refractivity contribution < 1.29 is 0 Å². The lowest BCUT2D eigenvalue weighted by atomic mass is 10.1. The van der Waals surface area contributed by atoms with Gasteiger partial charge in [0.15, 0.2) is 0 Å². The zero-order valence-electron chi connectivity index (χ0n) is 8.28. The summed E-state index contributed by atoms with van der Waals surface area (Å²) >= 11 is 6.02. The third kappa shape index (κ3) is 2.23. The van der Waals surface area contributed by atoms with Crippen molar-refractivity contribution >= 4 is 17.3 Å². The monoisotopic (exact) mass is 221 g/mol. The van der Waals surface area contributed by atoms with E-state index < -0.39 is 0 Å². The molecule has 78 valence electrons. The quantitative estimate of drug-likeness (QED) is 0.578. The third-order valence-electron chi connectivity index (χ3n) is 2.49. The number of hydrogen-bond acceptors (Lipinski definition) is 3. The van der Waals surface area contributed by atoms with Gasteiger partial charge in [-0.1, -0.05) is 12.1 Å². The fraction of sp³-hybridized carbons (Fsp3) is 0.364. The molecule has 1 fully saturated rings. The summed E-state index contributed by atoms with van der Waals surface area (Å²) in [5, 5.41) is 12.1. The van der Waals surface area contributed by atoms with E-state index in [2.05, 4.69) is 16.3 Å². The van der Waals surface area contributed by atoms with Crippen LogP contribution < -0.4 is 10.2 Å². The van der Waals surface area contributed by atoms with Gasteiger partial charge in [0.2, 0.25) is 0 Å². The van der Waals surface area contributed by atoms with E-state index in [1.165, 1.54) is 0 Å². The van der Waals surface area contributed by atoms with Gasteiger partial charge >= 0.3 is 0 Å². The number of rotatable bonds is 1. The van der Waals surface area contributed by atoms with Crippen LogP contribution in [0, 0.1) is 11.3 Å². The first kappa shape index (κ1) is 10.3. The molecule has 0 amide bonds. The smallest absolute Gasteiger partial charge is 0.101 e. The number of alkyl halides is 1. The van der Waals surface area contributed by atoms with Crippen LogP contribution in [0.1, 0.15) is 5.56 Å². The van der Waals surface area contributed by atoms with Gasteiger partial charge in [-0.15, -0.1) is 11.6 Å². The van der Waals surface area contributed by atoms with Crippen LogP contribution in [-0.2, 0) is 0 Å². The topological polar surface area (TPSA) is 39.1 Å². The maximum Gasteiger partial charge on any atom is 0.101 e. The second-order valence-electron chi connectivity index (χ2n) is 3.50. The normalized spacial score (nSPS) is 21.1. The van der Waals surface area contributed by atoms with Gasteiger partial charge in [0.05, 0.1) is 11.3 Å². The lowest BCUT2D eigenvalue weighted by molar-refractivity contribution is 0.552. The van der Waals surface area contributed by atoms with E-state index >= 15 is 0 Å². The Kier molecular flexibility index (Phi) is 3.10. The highest BCUT2D eigenvalue weighted by molar-refractivity contribution is 6.20. The predicted molar refractivity (Wildman–Crippen MR) is 61.0 cm³/mol. The first-order chi connectivity index (χ1) is 7.31. The fourth-order valence-corrected chi connectivity index (χ4v) is 2.04. The van der Waals surface area contributed by atoms with E-state index in [0.717, 1.165) is 25.3 Å². The molecule has 1 aromatic carbocycles. The number of hydrogen-bond donors (Lipinski definition) is 1. The van der Waals surface area contributed by atoms with E-state index in [-0.39, 0.29) is 5.50 Å². The summed E-state index contributed by atoms with van der Waals surface area (Å²) in [4.78, 5) is 2.15. The summed E-state index contributed by atoms with van der Waals surface area (Å²) in [5.74, 6) is 0. The number of halogens is 1. The highest BCUT2D eigenvalue weighted by atomic mass is 35.5. The Hall–Kier alpha value is -1.24. The fourth-order valence-electron chi connectivity index (χ4n) is 1.77. The Balaban J connectivity index is 2.25. The molecule has 0 aliphatic carbocycles. The standard InChI is InChI=1S/C11H12ClN3/c12-11-8-15(6-5-14-11)10-4-2-1-3-9(10)7-13/h1-4,11,14H,5-6,8H2.